The molecule has 0 radical (unpaired) electrons. The number of para-hydroxylation sites is 1. The van der Waals surface area contributed by atoms with Crippen LogP contribution < -0.4 is 14.8 Å². The van der Waals surface area contributed by atoms with Gasteiger partial charge in [-0.15, -0.1) is 0 Å². The first-order valence-corrected chi connectivity index (χ1v) is 7.68. The van der Waals surface area contributed by atoms with Crippen LogP contribution in [0, 0.1) is 0 Å². The third-order valence-electron chi connectivity index (χ3n) is 4.02. The quantitative estimate of drug-likeness (QED) is 0.849. The Bertz CT molecular complexity index is 856. The van der Waals surface area contributed by atoms with Gasteiger partial charge in [-0.2, -0.15) is 0 Å². The zero-order valence-corrected chi connectivity index (χ0v) is 14.2. The number of carbonyl (C=O) groups is 2. The fraction of sp³-hybridized carbons (Fsp3) is 0.158. The Labute approximate surface area is 145 Å². The van der Waals surface area contributed by atoms with Gasteiger partial charge in [0.1, 0.15) is 17.2 Å². The summed E-state index contributed by atoms with van der Waals surface area (Å²) in [5.74, 6) is 0.477. The van der Waals surface area contributed by atoms with Crippen molar-refractivity contribution < 1.29 is 19.1 Å². The number of imide groups is 1. The number of nitrogens with one attached hydrogen (secondary N) is 1. The molecular weight excluding hydrogens is 320 g/mol. The van der Waals surface area contributed by atoms with E-state index in [-0.39, 0.29) is 17.5 Å². The summed E-state index contributed by atoms with van der Waals surface area (Å²) in [6.45, 7) is 0. The van der Waals surface area contributed by atoms with Crippen LogP contribution in [-0.4, -0.2) is 38.0 Å². The van der Waals surface area contributed by atoms with Gasteiger partial charge in [-0.05, 0) is 30.3 Å². The van der Waals surface area contributed by atoms with Gasteiger partial charge in [0.2, 0.25) is 0 Å². The SMILES string of the molecule is COc1ccc(NC2=C(c3ccccc3OC)C(=O)N(C)C2=O)cc1. The molecule has 6 nitrogen and oxygen atoms in total. The molecule has 0 unspecified atom stereocenters. The number of ether oxygens (including phenoxy) is 2. The van der Waals surface area contributed by atoms with E-state index in [9.17, 15) is 9.59 Å². The van der Waals surface area contributed by atoms with Crippen molar-refractivity contribution in [3.63, 3.8) is 0 Å². The fourth-order valence-electron chi connectivity index (χ4n) is 2.68. The number of methoxy groups -OCH3 is 2. The Balaban J connectivity index is 2.08. The molecular formula is C19H18N2O4. The highest BCUT2D eigenvalue weighted by Gasteiger charge is 2.37. The molecule has 0 spiro atoms. The number of benzene rings is 2. The zero-order chi connectivity index (χ0) is 18.0. The molecule has 0 fully saturated rings. The average molecular weight is 338 g/mol. The number of amides is 2. The van der Waals surface area contributed by atoms with E-state index in [4.69, 9.17) is 9.47 Å². The first-order valence-electron chi connectivity index (χ1n) is 7.68. The van der Waals surface area contributed by atoms with Gasteiger partial charge >= 0.3 is 0 Å². The van der Waals surface area contributed by atoms with Crippen molar-refractivity contribution >= 4 is 23.1 Å². The summed E-state index contributed by atoms with van der Waals surface area (Å²) in [5, 5.41) is 3.06. The molecule has 0 aliphatic carbocycles. The Hall–Kier alpha value is -3.28. The second-order valence-corrected chi connectivity index (χ2v) is 5.47. The summed E-state index contributed by atoms with van der Waals surface area (Å²) < 4.78 is 10.5. The van der Waals surface area contributed by atoms with Gasteiger partial charge in [0.25, 0.3) is 11.8 Å². The highest BCUT2D eigenvalue weighted by atomic mass is 16.5. The van der Waals surface area contributed by atoms with Gasteiger partial charge in [-0.25, -0.2) is 0 Å². The van der Waals surface area contributed by atoms with E-state index in [1.807, 2.05) is 6.07 Å². The van der Waals surface area contributed by atoms with Crippen molar-refractivity contribution in [2.45, 2.75) is 0 Å². The second-order valence-electron chi connectivity index (χ2n) is 5.47. The molecule has 2 amide bonds. The third kappa shape index (κ3) is 2.94. The smallest absolute Gasteiger partial charge is 0.277 e. The van der Waals surface area contributed by atoms with Gasteiger partial charge < -0.3 is 14.8 Å². The standard InChI is InChI=1S/C19H18N2O4/c1-21-18(22)16(14-6-4-5-7-15(14)25-3)17(19(21)23)20-12-8-10-13(24-2)11-9-12/h4-11,20H,1-3H3. The molecule has 3 rings (SSSR count). The van der Waals surface area contributed by atoms with Gasteiger partial charge in [0.15, 0.2) is 0 Å². The van der Waals surface area contributed by atoms with Crippen LogP contribution in [0.2, 0.25) is 0 Å². The Morgan fingerprint density at radius 2 is 1.56 bits per heavy atom. The van der Waals surface area contributed by atoms with Crippen molar-refractivity contribution in [2.24, 2.45) is 0 Å². The molecule has 128 valence electrons. The average Bonchev–Trinajstić information content (AvgIpc) is 2.86. The number of carbonyl (C=O) groups excluding carboxylic acids is 2. The van der Waals surface area contributed by atoms with Crippen molar-refractivity contribution in [2.75, 3.05) is 26.6 Å². The molecule has 6 heteroatoms. The fourth-order valence-corrected chi connectivity index (χ4v) is 2.68. The molecule has 25 heavy (non-hydrogen) atoms. The zero-order valence-electron chi connectivity index (χ0n) is 14.2. The molecule has 0 saturated heterocycles. The molecule has 1 heterocycles. The largest absolute Gasteiger partial charge is 0.497 e. The summed E-state index contributed by atoms with van der Waals surface area (Å²) in [4.78, 5) is 26.3. The maximum absolute atomic E-state index is 12.6. The van der Waals surface area contributed by atoms with E-state index >= 15 is 0 Å². The normalized spacial score (nSPS) is 14.1. The molecule has 0 atom stereocenters. The molecule has 0 bridgehead atoms. The van der Waals surface area contributed by atoms with Gasteiger partial charge in [0.05, 0.1) is 19.8 Å². The number of likely N-dealkylation sites (N-methyl/N-ethyl adjacent to an activating group) is 1. The summed E-state index contributed by atoms with van der Waals surface area (Å²) >= 11 is 0. The Morgan fingerprint density at radius 3 is 2.20 bits per heavy atom. The van der Waals surface area contributed by atoms with Crippen molar-refractivity contribution in [3.05, 3.63) is 59.8 Å². The first-order chi connectivity index (χ1) is 12.1. The number of rotatable bonds is 5. The number of hydrogen-bond acceptors (Lipinski definition) is 5. The van der Waals surface area contributed by atoms with E-state index in [0.717, 1.165) is 4.90 Å². The van der Waals surface area contributed by atoms with Gasteiger partial charge in [-0.1, -0.05) is 18.2 Å². The molecule has 0 aromatic heterocycles. The third-order valence-corrected chi connectivity index (χ3v) is 4.02. The number of hydrogen-bond donors (Lipinski definition) is 1. The first kappa shape index (κ1) is 16.6. The van der Waals surface area contributed by atoms with Crippen LogP contribution in [0.1, 0.15) is 5.56 Å². The minimum absolute atomic E-state index is 0.224. The maximum atomic E-state index is 12.6. The lowest BCUT2D eigenvalue weighted by Gasteiger charge is -2.11. The number of anilines is 1. The molecule has 2 aromatic carbocycles. The molecule has 1 aliphatic rings. The van der Waals surface area contributed by atoms with Crippen LogP contribution in [0.5, 0.6) is 11.5 Å². The molecule has 1 N–H and O–H groups in total. The van der Waals surface area contributed by atoms with Crippen LogP contribution in [0.3, 0.4) is 0 Å². The van der Waals surface area contributed by atoms with Gasteiger partial charge in [0, 0.05) is 18.3 Å². The maximum Gasteiger partial charge on any atom is 0.277 e. The molecule has 1 aliphatic heterocycles. The monoisotopic (exact) mass is 338 g/mol. The lowest BCUT2D eigenvalue weighted by molar-refractivity contribution is -0.135. The van der Waals surface area contributed by atoms with E-state index in [1.165, 1.54) is 14.2 Å². The van der Waals surface area contributed by atoms with Crippen LogP contribution >= 0.6 is 0 Å². The number of nitrogens with zero attached hydrogens (tertiary/aromatic N) is 1. The summed E-state index contributed by atoms with van der Waals surface area (Å²) in [6.07, 6.45) is 0. The highest BCUT2D eigenvalue weighted by Crippen LogP contribution is 2.34. The minimum Gasteiger partial charge on any atom is -0.497 e. The van der Waals surface area contributed by atoms with Crippen LogP contribution in [-0.2, 0) is 9.59 Å². The Morgan fingerprint density at radius 1 is 0.880 bits per heavy atom. The lowest BCUT2D eigenvalue weighted by Crippen LogP contribution is -2.27. The van der Waals surface area contributed by atoms with E-state index in [1.54, 1.807) is 49.6 Å². The van der Waals surface area contributed by atoms with Gasteiger partial charge in [-0.3, -0.25) is 14.5 Å². The van der Waals surface area contributed by atoms with Crippen molar-refractivity contribution in [1.29, 1.82) is 0 Å². The van der Waals surface area contributed by atoms with Crippen molar-refractivity contribution in [1.82, 2.24) is 4.90 Å². The minimum atomic E-state index is -0.387. The predicted octanol–water partition coefficient (Wildman–Crippen LogP) is 2.53. The topological polar surface area (TPSA) is 67.9 Å². The highest BCUT2D eigenvalue weighted by molar-refractivity contribution is 6.36. The summed E-state index contributed by atoms with van der Waals surface area (Å²) in [7, 11) is 4.57. The van der Waals surface area contributed by atoms with E-state index in [2.05, 4.69) is 5.32 Å². The predicted molar refractivity (Wildman–Crippen MR) is 94.3 cm³/mol. The van der Waals surface area contributed by atoms with Crippen molar-refractivity contribution in [3.8, 4) is 11.5 Å². The van der Waals surface area contributed by atoms with Crippen LogP contribution in [0.4, 0.5) is 5.69 Å². The van der Waals surface area contributed by atoms with Crippen LogP contribution in [0.25, 0.3) is 5.57 Å². The second kappa shape index (κ2) is 6.68. The van der Waals surface area contributed by atoms with E-state index in [0.29, 0.717) is 28.3 Å². The van der Waals surface area contributed by atoms with E-state index < -0.39 is 0 Å². The lowest BCUT2D eigenvalue weighted by atomic mass is 10.0. The summed E-state index contributed by atoms with van der Waals surface area (Å²) in [6, 6.07) is 14.2. The summed E-state index contributed by atoms with van der Waals surface area (Å²) in [5.41, 5.74) is 1.77. The molecule has 0 saturated carbocycles. The van der Waals surface area contributed by atoms with Crippen LogP contribution in [0.15, 0.2) is 54.2 Å². The molecule has 2 aromatic rings. The Kier molecular flexibility index (Phi) is 4.43.